The lowest BCUT2D eigenvalue weighted by atomic mass is 10.4. The molecule has 0 aliphatic rings. The molecule has 4 heteroatoms. The molecular weight excluding hydrogens is 180 g/mol. The Morgan fingerprint density at radius 1 is 1.14 bits per heavy atom. The van der Waals surface area contributed by atoms with Crippen molar-refractivity contribution >= 4 is 6.09 Å². The van der Waals surface area contributed by atoms with Gasteiger partial charge in [-0.05, 0) is 27.1 Å². The van der Waals surface area contributed by atoms with Crippen LogP contribution in [0.5, 0.6) is 0 Å². The molecule has 0 aliphatic heterocycles. The molecular formula is C10H24N2O2. The lowest BCUT2D eigenvalue weighted by Gasteiger charge is -2.14. The van der Waals surface area contributed by atoms with E-state index in [9.17, 15) is 4.79 Å². The molecule has 0 atom stereocenters. The third-order valence-corrected chi connectivity index (χ3v) is 1.43. The Bertz CT molecular complexity index is 138. The molecule has 0 saturated heterocycles. The number of carbonyl (C=O) groups is 1. The van der Waals surface area contributed by atoms with E-state index < -0.39 is 6.09 Å². The van der Waals surface area contributed by atoms with Gasteiger partial charge in [-0.15, -0.1) is 0 Å². The summed E-state index contributed by atoms with van der Waals surface area (Å²) >= 11 is 0. The molecule has 0 spiro atoms. The number of rotatable bonds is 4. The van der Waals surface area contributed by atoms with E-state index in [1.807, 2.05) is 19.0 Å². The topological polar surface area (TPSA) is 43.8 Å². The highest BCUT2D eigenvalue weighted by Gasteiger charge is 2.03. The van der Waals surface area contributed by atoms with Gasteiger partial charge in [0.1, 0.15) is 0 Å². The Hall–Kier alpha value is -0.770. The SMILES string of the molecule is CCC.CN(C)CCCN(C)C(=O)O. The Morgan fingerprint density at radius 2 is 1.57 bits per heavy atom. The second-order valence-corrected chi connectivity index (χ2v) is 3.57. The van der Waals surface area contributed by atoms with Crippen LogP contribution in [0.25, 0.3) is 0 Å². The van der Waals surface area contributed by atoms with Crippen LogP contribution in [0.15, 0.2) is 0 Å². The minimum atomic E-state index is -0.858. The summed E-state index contributed by atoms with van der Waals surface area (Å²) in [4.78, 5) is 13.6. The summed E-state index contributed by atoms with van der Waals surface area (Å²) in [7, 11) is 5.53. The first-order valence-electron chi connectivity index (χ1n) is 5.04. The molecule has 0 bridgehead atoms. The lowest BCUT2D eigenvalue weighted by Crippen LogP contribution is -2.28. The van der Waals surface area contributed by atoms with E-state index in [2.05, 4.69) is 13.8 Å². The molecule has 0 unspecified atom stereocenters. The van der Waals surface area contributed by atoms with Crippen molar-refractivity contribution in [3.8, 4) is 0 Å². The Morgan fingerprint density at radius 3 is 1.86 bits per heavy atom. The van der Waals surface area contributed by atoms with Gasteiger partial charge in [-0.25, -0.2) is 4.79 Å². The van der Waals surface area contributed by atoms with Gasteiger partial charge >= 0.3 is 6.09 Å². The average molecular weight is 204 g/mol. The molecule has 0 aromatic heterocycles. The van der Waals surface area contributed by atoms with E-state index in [1.54, 1.807) is 7.05 Å². The summed E-state index contributed by atoms with van der Waals surface area (Å²) in [5.74, 6) is 0. The highest BCUT2D eigenvalue weighted by Crippen LogP contribution is 1.89. The summed E-state index contributed by atoms with van der Waals surface area (Å²) in [6.07, 6.45) is 1.28. The zero-order valence-electron chi connectivity index (χ0n) is 10.1. The van der Waals surface area contributed by atoms with Gasteiger partial charge in [0, 0.05) is 13.6 Å². The molecule has 14 heavy (non-hydrogen) atoms. The average Bonchev–Trinajstić information content (AvgIpc) is 2.04. The van der Waals surface area contributed by atoms with Crippen molar-refractivity contribution in [3.05, 3.63) is 0 Å². The van der Waals surface area contributed by atoms with Gasteiger partial charge in [-0.1, -0.05) is 20.3 Å². The van der Waals surface area contributed by atoms with Crippen LogP contribution in [-0.2, 0) is 0 Å². The first kappa shape index (κ1) is 15.7. The van der Waals surface area contributed by atoms with Crippen LogP contribution in [-0.4, -0.2) is 55.2 Å². The van der Waals surface area contributed by atoms with Crippen LogP contribution >= 0.6 is 0 Å². The lowest BCUT2D eigenvalue weighted by molar-refractivity contribution is 0.154. The fraction of sp³-hybridized carbons (Fsp3) is 0.900. The molecule has 1 N–H and O–H groups in total. The van der Waals surface area contributed by atoms with Crippen LogP contribution in [0.1, 0.15) is 26.7 Å². The molecule has 0 aromatic carbocycles. The van der Waals surface area contributed by atoms with Crippen LogP contribution in [0.2, 0.25) is 0 Å². The van der Waals surface area contributed by atoms with Crippen molar-refractivity contribution in [2.45, 2.75) is 26.7 Å². The molecule has 0 radical (unpaired) electrons. The highest BCUT2D eigenvalue weighted by molar-refractivity contribution is 5.64. The number of hydrogen-bond donors (Lipinski definition) is 1. The van der Waals surface area contributed by atoms with Gasteiger partial charge in [-0.3, -0.25) is 0 Å². The molecule has 0 fully saturated rings. The molecule has 0 aliphatic carbocycles. The fourth-order valence-electron chi connectivity index (χ4n) is 0.720. The van der Waals surface area contributed by atoms with Gasteiger partial charge in [-0.2, -0.15) is 0 Å². The second kappa shape index (κ2) is 10.3. The predicted octanol–water partition coefficient (Wildman–Crippen LogP) is 1.96. The van der Waals surface area contributed by atoms with Crippen molar-refractivity contribution < 1.29 is 9.90 Å². The quantitative estimate of drug-likeness (QED) is 0.761. The van der Waals surface area contributed by atoms with Crippen molar-refractivity contribution in [2.75, 3.05) is 34.2 Å². The minimum absolute atomic E-state index is 0.605. The van der Waals surface area contributed by atoms with Gasteiger partial charge in [0.05, 0.1) is 0 Å². The van der Waals surface area contributed by atoms with Crippen LogP contribution in [0, 0.1) is 0 Å². The smallest absolute Gasteiger partial charge is 0.407 e. The predicted molar refractivity (Wildman–Crippen MR) is 59.8 cm³/mol. The Labute approximate surface area is 87.5 Å². The third kappa shape index (κ3) is 13.8. The van der Waals surface area contributed by atoms with E-state index in [-0.39, 0.29) is 0 Å². The van der Waals surface area contributed by atoms with E-state index in [0.717, 1.165) is 13.0 Å². The molecule has 4 nitrogen and oxygen atoms in total. The van der Waals surface area contributed by atoms with Crippen molar-refractivity contribution in [2.24, 2.45) is 0 Å². The third-order valence-electron chi connectivity index (χ3n) is 1.43. The Kier molecular flexibility index (Phi) is 11.6. The van der Waals surface area contributed by atoms with Crippen molar-refractivity contribution in [3.63, 3.8) is 0 Å². The van der Waals surface area contributed by atoms with Crippen LogP contribution < -0.4 is 0 Å². The molecule has 0 heterocycles. The monoisotopic (exact) mass is 204 g/mol. The highest BCUT2D eigenvalue weighted by atomic mass is 16.4. The van der Waals surface area contributed by atoms with Crippen LogP contribution in [0.4, 0.5) is 4.79 Å². The Balaban J connectivity index is 0. The maximum Gasteiger partial charge on any atom is 0.407 e. The summed E-state index contributed by atoms with van der Waals surface area (Å²) in [6.45, 7) is 5.78. The molecule has 0 aromatic rings. The van der Waals surface area contributed by atoms with Gasteiger partial charge in [0.2, 0.25) is 0 Å². The van der Waals surface area contributed by atoms with Gasteiger partial charge < -0.3 is 14.9 Å². The molecule has 86 valence electrons. The van der Waals surface area contributed by atoms with E-state index in [0.29, 0.717) is 6.54 Å². The first-order valence-corrected chi connectivity index (χ1v) is 5.04. The largest absolute Gasteiger partial charge is 0.465 e. The molecule has 0 saturated carbocycles. The maximum absolute atomic E-state index is 10.3. The van der Waals surface area contributed by atoms with Gasteiger partial charge in [0.25, 0.3) is 0 Å². The second-order valence-electron chi connectivity index (χ2n) is 3.57. The minimum Gasteiger partial charge on any atom is -0.465 e. The van der Waals surface area contributed by atoms with Crippen LogP contribution in [0.3, 0.4) is 0 Å². The van der Waals surface area contributed by atoms with Crippen molar-refractivity contribution in [1.29, 1.82) is 0 Å². The molecule has 1 amide bonds. The summed E-state index contributed by atoms with van der Waals surface area (Å²) in [5.41, 5.74) is 0. The maximum atomic E-state index is 10.3. The van der Waals surface area contributed by atoms with E-state index >= 15 is 0 Å². The molecule has 0 rings (SSSR count). The van der Waals surface area contributed by atoms with E-state index in [1.165, 1.54) is 11.3 Å². The standard InChI is InChI=1S/C7H16N2O2.C3H8/c1-8(2)5-4-6-9(3)7(10)11;1-3-2/h4-6H2,1-3H3,(H,10,11);3H2,1-2H3. The summed E-state index contributed by atoms with van der Waals surface area (Å²) in [5, 5.41) is 8.46. The van der Waals surface area contributed by atoms with Gasteiger partial charge in [0.15, 0.2) is 0 Å². The zero-order valence-corrected chi connectivity index (χ0v) is 10.1. The number of hydrogen-bond acceptors (Lipinski definition) is 2. The number of amides is 1. The van der Waals surface area contributed by atoms with E-state index in [4.69, 9.17) is 5.11 Å². The zero-order chi connectivity index (χ0) is 11.6. The van der Waals surface area contributed by atoms with Crippen molar-refractivity contribution in [1.82, 2.24) is 9.80 Å². The normalized spacial score (nSPS) is 9.29. The summed E-state index contributed by atoms with van der Waals surface area (Å²) < 4.78 is 0. The summed E-state index contributed by atoms with van der Waals surface area (Å²) in [6, 6.07) is 0. The number of carboxylic acid groups (broad SMARTS) is 1. The number of nitrogens with zero attached hydrogens (tertiary/aromatic N) is 2. The first-order chi connectivity index (χ1) is 6.45. The fourth-order valence-corrected chi connectivity index (χ4v) is 0.720.